The molecule has 1 heterocycles. The van der Waals surface area contributed by atoms with Gasteiger partial charge in [-0.05, 0) is 19.2 Å². The molecule has 1 aromatic carbocycles. The lowest BCUT2D eigenvalue weighted by atomic mass is 10.3. The standard InChI is InChI=1S/C10H13NO4S/c1-11-16(12,13)8-3-4-9-10(7-8)15-6-2-5-14-9/h3-4,7,11H,2,5-6H2,1H3. The highest BCUT2D eigenvalue weighted by Gasteiger charge is 2.16. The minimum atomic E-state index is -3.43. The van der Waals surface area contributed by atoms with Crippen LogP contribution in [0.4, 0.5) is 0 Å². The average molecular weight is 243 g/mol. The van der Waals surface area contributed by atoms with Crippen molar-refractivity contribution >= 4 is 10.0 Å². The van der Waals surface area contributed by atoms with Gasteiger partial charge in [0, 0.05) is 12.5 Å². The zero-order valence-corrected chi connectivity index (χ0v) is 9.71. The van der Waals surface area contributed by atoms with Gasteiger partial charge in [0.1, 0.15) is 0 Å². The molecule has 0 saturated heterocycles. The van der Waals surface area contributed by atoms with E-state index in [0.29, 0.717) is 24.7 Å². The van der Waals surface area contributed by atoms with Crippen molar-refractivity contribution in [1.29, 1.82) is 0 Å². The predicted octanol–water partition coefficient (Wildman–Crippen LogP) is 0.756. The lowest BCUT2D eigenvalue weighted by Gasteiger charge is -2.09. The van der Waals surface area contributed by atoms with Gasteiger partial charge < -0.3 is 9.47 Å². The molecular formula is C10H13NO4S. The first-order valence-electron chi connectivity index (χ1n) is 4.97. The molecule has 5 nitrogen and oxygen atoms in total. The molecule has 1 aromatic rings. The Hall–Kier alpha value is -1.27. The van der Waals surface area contributed by atoms with Crippen molar-refractivity contribution in [2.45, 2.75) is 11.3 Å². The maximum atomic E-state index is 11.6. The van der Waals surface area contributed by atoms with Crippen LogP contribution in [0.1, 0.15) is 6.42 Å². The molecular weight excluding hydrogens is 230 g/mol. The van der Waals surface area contributed by atoms with Crippen molar-refractivity contribution in [2.75, 3.05) is 20.3 Å². The third kappa shape index (κ3) is 2.12. The number of hydrogen-bond acceptors (Lipinski definition) is 4. The molecule has 0 fully saturated rings. The van der Waals surface area contributed by atoms with Crippen molar-refractivity contribution in [3.63, 3.8) is 0 Å². The summed E-state index contributed by atoms with van der Waals surface area (Å²) in [6, 6.07) is 4.59. The average Bonchev–Trinajstić information content (AvgIpc) is 2.53. The molecule has 1 aliphatic heterocycles. The van der Waals surface area contributed by atoms with E-state index in [1.807, 2.05) is 0 Å². The van der Waals surface area contributed by atoms with E-state index in [-0.39, 0.29) is 4.90 Å². The zero-order chi connectivity index (χ0) is 11.6. The van der Waals surface area contributed by atoms with Crippen LogP contribution in [0, 0.1) is 0 Å². The molecule has 0 atom stereocenters. The second-order valence-electron chi connectivity index (χ2n) is 3.37. The first-order valence-corrected chi connectivity index (χ1v) is 6.45. The van der Waals surface area contributed by atoms with Crippen LogP contribution in [0.5, 0.6) is 11.5 Å². The van der Waals surface area contributed by atoms with Gasteiger partial charge in [-0.25, -0.2) is 13.1 Å². The van der Waals surface area contributed by atoms with Gasteiger partial charge in [0.05, 0.1) is 18.1 Å². The minimum absolute atomic E-state index is 0.180. The summed E-state index contributed by atoms with van der Waals surface area (Å²) in [6.07, 6.45) is 0.794. The number of sulfonamides is 1. The smallest absolute Gasteiger partial charge is 0.240 e. The Morgan fingerprint density at radius 2 is 1.88 bits per heavy atom. The monoisotopic (exact) mass is 243 g/mol. The third-order valence-corrected chi connectivity index (χ3v) is 3.71. The molecule has 0 radical (unpaired) electrons. The van der Waals surface area contributed by atoms with Gasteiger partial charge in [0.2, 0.25) is 10.0 Å². The summed E-state index contributed by atoms with van der Waals surface area (Å²) in [6.45, 7) is 1.13. The third-order valence-electron chi connectivity index (χ3n) is 2.30. The Kier molecular flexibility index (Phi) is 3.02. The minimum Gasteiger partial charge on any atom is -0.490 e. The second kappa shape index (κ2) is 4.31. The van der Waals surface area contributed by atoms with E-state index in [9.17, 15) is 8.42 Å². The van der Waals surface area contributed by atoms with Crippen LogP contribution in [0.15, 0.2) is 23.1 Å². The Labute approximate surface area is 94.4 Å². The zero-order valence-electron chi connectivity index (χ0n) is 8.89. The Balaban J connectivity index is 2.42. The fraction of sp³-hybridized carbons (Fsp3) is 0.400. The molecule has 0 aliphatic carbocycles. The largest absolute Gasteiger partial charge is 0.490 e. The number of rotatable bonds is 2. The number of fused-ring (bicyclic) bond motifs is 1. The van der Waals surface area contributed by atoms with Gasteiger partial charge in [-0.2, -0.15) is 0 Å². The number of benzene rings is 1. The van der Waals surface area contributed by atoms with Crippen LogP contribution >= 0.6 is 0 Å². The summed E-state index contributed by atoms with van der Waals surface area (Å²) < 4.78 is 36.2. The molecule has 88 valence electrons. The van der Waals surface area contributed by atoms with E-state index in [2.05, 4.69) is 4.72 Å². The normalized spacial score (nSPS) is 15.6. The van der Waals surface area contributed by atoms with E-state index in [4.69, 9.17) is 9.47 Å². The van der Waals surface area contributed by atoms with Crippen LogP contribution in [-0.2, 0) is 10.0 Å². The summed E-state index contributed by atoms with van der Waals surface area (Å²) in [4.78, 5) is 0.180. The second-order valence-corrected chi connectivity index (χ2v) is 5.25. The highest BCUT2D eigenvalue weighted by Crippen LogP contribution is 2.31. The molecule has 0 aromatic heterocycles. The number of ether oxygens (including phenoxy) is 2. The fourth-order valence-corrected chi connectivity index (χ4v) is 2.17. The van der Waals surface area contributed by atoms with Crippen LogP contribution in [0.3, 0.4) is 0 Å². The SMILES string of the molecule is CNS(=O)(=O)c1ccc2c(c1)OCCCO2. The molecule has 1 aliphatic rings. The number of hydrogen-bond donors (Lipinski definition) is 1. The molecule has 0 saturated carbocycles. The Morgan fingerprint density at radius 3 is 2.56 bits per heavy atom. The van der Waals surface area contributed by atoms with Gasteiger partial charge in [0.25, 0.3) is 0 Å². The number of nitrogens with one attached hydrogen (secondary N) is 1. The maximum Gasteiger partial charge on any atom is 0.240 e. The molecule has 2 rings (SSSR count). The molecule has 0 spiro atoms. The van der Waals surface area contributed by atoms with Crippen molar-refractivity contribution in [3.05, 3.63) is 18.2 Å². The van der Waals surface area contributed by atoms with E-state index >= 15 is 0 Å². The van der Waals surface area contributed by atoms with Gasteiger partial charge in [-0.15, -0.1) is 0 Å². The van der Waals surface area contributed by atoms with E-state index < -0.39 is 10.0 Å². The van der Waals surface area contributed by atoms with Crippen LogP contribution < -0.4 is 14.2 Å². The summed E-state index contributed by atoms with van der Waals surface area (Å²) in [5.41, 5.74) is 0. The topological polar surface area (TPSA) is 64.6 Å². The Morgan fingerprint density at radius 1 is 1.19 bits per heavy atom. The fourth-order valence-electron chi connectivity index (χ4n) is 1.43. The highest BCUT2D eigenvalue weighted by atomic mass is 32.2. The Bertz CT molecular complexity index is 484. The van der Waals surface area contributed by atoms with Crippen molar-refractivity contribution < 1.29 is 17.9 Å². The maximum absolute atomic E-state index is 11.6. The first kappa shape index (κ1) is 11.2. The highest BCUT2D eigenvalue weighted by molar-refractivity contribution is 7.89. The van der Waals surface area contributed by atoms with Gasteiger partial charge >= 0.3 is 0 Å². The lowest BCUT2D eigenvalue weighted by molar-refractivity contribution is 0.297. The summed E-state index contributed by atoms with van der Waals surface area (Å²) >= 11 is 0. The quantitative estimate of drug-likeness (QED) is 0.832. The predicted molar refractivity (Wildman–Crippen MR) is 58.3 cm³/mol. The van der Waals surface area contributed by atoms with Crippen molar-refractivity contribution in [2.24, 2.45) is 0 Å². The van der Waals surface area contributed by atoms with Crippen LogP contribution in [0.2, 0.25) is 0 Å². The van der Waals surface area contributed by atoms with Crippen molar-refractivity contribution in [3.8, 4) is 11.5 Å². The van der Waals surface area contributed by atoms with Gasteiger partial charge in [0.15, 0.2) is 11.5 Å². The van der Waals surface area contributed by atoms with Crippen molar-refractivity contribution in [1.82, 2.24) is 4.72 Å². The molecule has 0 unspecified atom stereocenters. The van der Waals surface area contributed by atoms with Crippen LogP contribution in [0.25, 0.3) is 0 Å². The van der Waals surface area contributed by atoms with Gasteiger partial charge in [-0.3, -0.25) is 0 Å². The van der Waals surface area contributed by atoms with E-state index in [0.717, 1.165) is 6.42 Å². The summed E-state index contributed by atoms with van der Waals surface area (Å²) in [5.74, 6) is 1.07. The molecule has 16 heavy (non-hydrogen) atoms. The molecule has 1 N–H and O–H groups in total. The summed E-state index contributed by atoms with van der Waals surface area (Å²) in [5, 5.41) is 0. The molecule has 0 bridgehead atoms. The van der Waals surface area contributed by atoms with Gasteiger partial charge in [-0.1, -0.05) is 0 Å². The van der Waals surface area contributed by atoms with E-state index in [1.54, 1.807) is 6.07 Å². The lowest BCUT2D eigenvalue weighted by Crippen LogP contribution is -2.18. The van der Waals surface area contributed by atoms with E-state index in [1.165, 1.54) is 19.2 Å². The summed E-state index contributed by atoms with van der Waals surface area (Å²) in [7, 11) is -2.06. The van der Waals surface area contributed by atoms with Crippen LogP contribution in [-0.4, -0.2) is 28.7 Å². The first-order chi connectivity index (χ1) is 7.63. The molecule has 6 heteroatoms. The molecule has 0 amide bonds.